The molecule has 1 aliphatic rings. The maximum Gasteiger partial charge on any atom is 0.119 e. The summed E-state index contributed by atoms with van der Waals surface area (Å²) in [6.07, 6.45) is 2.02. The second-order valence-corrected chi connectivity index (χ2v) is 4.84. The molecule has 0 amide bonds. The lowest BCUT2D eigenvalue weighted by Gasteiger charge is -2.10. The number of benzene rings is 1. The molecule has 0 aliphatic carbocycles. The van der Waals surface area contributed by atoms with Gasteiger partial charge in [0, 0.05) is 12.5 Å². The maximum absolute atomic E-state index is 5.62. The van der Waals surface area contributed by atoms with Gasteiger partial charge in [-0.05, 0) is 37.1 Å². The fourth-order valence-corrected chi connectivity index (χ4v) is 2.10. The van der Waals surface area contributed by atoms with E-state index in [9.17, 15) is 0 Å². The van der Waals surface area contributed by atoms with Crippen LogP contribution in [0.2, 0.25) is 0 Å². The highest BCUT2D eigenvalue weighted by Crippen LogP contribution is 2.13. The van der Waals surface area contributed by atoms with E-state index in [4.69, 9.17) is 19.9 Å². The first-order chi connectivity index (χ1) is 9.38. The highest BCUT2D eigenvalue weighted by atomic mass is 16.5. The van der Waals surface area contributed by atoms with Crippen molar-refractivity contribution in [2.75, 3.05) is 39.6 Å². The maximum atomic E-state index is 5.62. The van der Waals surface area contributed by atoms with Crippen molar-refractivity contribution in [2.24, 2.45) is 11.7 Å². The van der Waals surface area contributed by atoms with E-state index in [0.717, 1.165) is 38.4 Å². The van der Waals surface area contributed by atoms with E-state index < -0.39 is 0 Å². The number of nitrogens with two attached hydrogens (primary N) is 1. The summed E-state index contributed by atoms with van der Waals surface area (Å²) in [6, 6.07) is 8.07. The molecule has 1 aliphatic heterocycles. The highest BCUT2D eigenvalue weighted by Gasteiger charge is 2.15. The molecule has 2 N–H and O–H groups in total. The number of rotatable bonds is 8. The van der Waals surface area contributed by atoms with Crippen LogP contribution in [0.15, 0.2) is 24.3 Å². The van der Waals surface area contributed by atoms with Crippen LogP contribution in [0.3, 0.4) is 0 Å². The third-order valence-electron chi connectivity index (χ3n) is 3.23. The van der Waals surface area contributed by atoms with Crippen LogP contribution in [-0.2, 0) is 15.9 Å². The molecule has 2 rings (SSSR count). The summed E-state index contributed by atoms with van der Waals surface area (Å²) in [5, 5.41) is 0. The summed E-state index contributed by atoms with van der Waals surface area (Å²) in [6.45, 7) is 4.38. The van der Waals surface area contributed by atoms with E-state index in [0.29, 0.717) is 25.7 Å². The van der Waals surface area contributed by atoms with E-state index >= 15 is 0 Å². The lowest BCUT2D eigenvalue weighted by atomic mass is 10.1. The Hall–Kier alpha value is -1.10. The standard InChI is InChI=1S/C15H23NO3/c16-7-5-13-1-3-15(4-2-13)19-10-9-18-12-14-6-8-17-11-14/h1-4,14H,5-12,16H2. The third kappa shape index (κ3) is 5.19. The second kappa shape index (κ2) is 8.15. The molecule has 1 saturated heterocycles. The normalized spacial score (nSPS) is 18.7. The van der Waals surface area contributed by atoms with Crippen LogP contribution in [0, 0.1) is 5.92 Å². The Morgan fingerprint density at radius 2 is 2.05 bits per heavy atom. The summed E-state index contributed by atoms with van der Waals surface area (Å²) in [5.74, 6) is 1.45. The Labute approximate surface area is 114 Å². The molecule has 1 heterocycles. The van der Waals surface area contributed by atoms with Gasteiger partial charge in [-0.15, -0.1) is 0 Å². The van der Waals surface area contributed by atoms with E-state index in [1.54, 1.807) is 0 Å². The van der Waals surface area contributed by atoms with Crippen molar-refractivity contribution in [3.05, 3.63) is 29.8 Å². The Balaban J connectivity index is 1.57. The molecule has 4 nitrogen and oxygen atoms in total. The monoisotopic (exact) mass is 265 g/mol. The fourth-order valence-electron chi connectivity index (χ4n) is 2.10. The summed E-state index contributed by atoms with van der Waals surface area (Å²) in [7, 11) is 0. The van der Waals surface area contributed by atoms with Crippen molar-refractivity contribution < 1.29 is 14.2 Å². The van der Waals surface area contributed by atoms with Crippen molar-refractivity contribution in [1.29, 1.82) is 0 Å². The van der Waals surface area contributed by atoms with Gasteiger partial charge in [-0.3, -0.25) is 0 Å². The molecule has 0 saturated carbocycles. The zero-order valence-electron chi connectivity index (χ0n) is 11.3. The molecular formula is C15H23NO3. The van der Waals surface area contributed by atoms with Crippen LogP contribution < -0.4 is 10.5 Å². The quantitative estimate of drug-likeness (QED) is 0.726. The molecule has 106 valence electrons. The van der Waals surface area contributed by atoms with Crippen molar-refractivity contribution in [1.82, 2.24) is 0 Å². The molecule has 0 bridgehead atoms. The first-order valence-corrected chi connectivity index (χ1v) is 6.96. The van der Waals surface area contributed by atoms with Gasteiger partial charge in [0.05, 0.1) is 19.8 Å². The largest absolute Gasteiger partial charge is 0.491 e. The van der Waals surface area contributed by atoms with E-state index in [1.165, 1.54) is 5.56 Å². The van der Waals surface area contributed by atoms with Crippen LogP contribution in [0.25, 0.3) is 0 Å². The molecule has 4 heteroatoms. The molecule has 1 unspecified atom stereocenters. The molecule has 1 atom stereocenters. The molecule has 0 spiro atoms. The van der Waals surface area contributed by atoms with E-state index in [2.05, 4.69) is 12.1 Å². The average molecular weight is 265 g/mol. The lowest BCUT2D eigenvalue weighted by Crippen LogP contribution is -2.13. The first-order valence-electron chi connectivity index (χ1n) is 6.96. The highest BCUT2D eigenvalue weighted by molar-refractivity contribution is 5.27. The van der Waals surface area contributed by atoms with Crippen LogP contribution in [-0.4, -0.2) is 39.6 Å². The van der Waals surface area contributed by atoms with Crippen molar-refractivity contribution in [3.8, 4) is 5.75 Å². The van der Waals surface area contributed by atoms with Gasteiger partial charge >= 0.3 is 0 Å². The number of ether oxygens (including phenoxy) is 3. The summed E-state index contributed by atoms with van der Waals surface area (Å²) < 4.78 is 16.5. The van der Waals surface area contributed by atoms with Crippen LogP contribution in [0.4, 0.5) is 0 Å². The first kappa shape index (κ1) is 14.3. The van der Waals surface area contributed by atoms with Crippen LogP contribution >= 0.6 is 0 Å². The SMILES string of the molecule is NCCc1ccc(OCCOCC2CCOC2)cc1. The zero-order chi connectivity index (χ0) is 13.3. The van der Waals surface area contributed by atoms with Crippen molar-refractivity contribution in [2.45, 2.75) is 12.8 Å². The van der Waals surface area contributed by atoms with Gasteiger partial charge in [0.25, 0.3) is 0 Å². The van der Waals surface area contributed by atoms with Gasteiger partial charge in [-0.2, -0.15) is 0 Å². The molecular weight excluding hydrogens is 242 g/mol. The minimum absolute atomic E-state index is 0.565. The van der Waals surface area contributed by atoms with Crippen molar-refractivity contribution in [3.63, 3.8) is 0 Å². The van der Waals surface area contributed by atoms with Gasteiger partial charge in [0.1, 0.15) is 12.4 Å². The Bertz CT molecular complexity index is 347. The minimum atomic E-state index is 0.565. The Morgan fingerprint density at radius 3 is 2.74 bits per heavy atom. The predicted molar refractivity (Wildman–Crippen MR) is 74.4 cm³/mol. The summed E-state index contributed by atoms with van der Waals surface area (Å²) >= 11 is 0. The molecule has 0 aromatic heterocycles. The number of hydrogen-bond donors (Lipinski definition) is 1. The Morgan fingerprint density at radius 1 is 1.21 bits per heavy atom. The molecule has 1 fully saturated rings. The predicted octanol–water partition coefficient (Wildman–Crippen LogP) is 1.62. The van der Waals surface area contributed by atoms with Gasteiger partial charge in [-0.1, -0.05) is 12.1 Å². The van der Waals surface area contributed by atoms with E-state index in [-0.39, 0.29) is 0 Å². The topological polar surface area (TPSA) is 53.7 Å². The Kier molecular flexibility index (Phi) is 6.14. The average Bonchev–Trinajstić information content (AvgIpc) is 2.94. The summed E-state index contributed by atoms with van der Waals surface area (Å²) in [5.41, 5.74) is 6.75. The van der Waals surface area contributed by atoms with Gasteiger partial charge in [0.2, 0.25) is 0 Å². The van der Waals surface area contributed by atoms with Gasteiger partial charge in [0.15, 0.2) is 0 Å². The van der Waals surface area contributed by atoms with Gasteiger partial charge < -0.3 is 19.9 Å². The molecule has 1 aromatic carbocycles. The lowest BCUT2D eigenvalue weighted by molar-refractivity contribution is 0.0684. The van der Waals surface area contributed by atoms with Crippen LogP contribution in [0.1, 0.15) is 12.0 Å². The zero-order valence-corrected chi connectivity index (χ0v) is 11.3. The van der Waals surface area contributed by atoms with Gasteiger partial charge in [-0.25, -0.2) is 0 Å². The fraction of sp³-hybridized carbons (Fsp3) is 0.600. The molecule has 0 radical (unpaired) electrons. The number of hydrogen-bond acceptors (Lipinski definition) is 4. The molecule has 19 heavy (non-hydrogen) atoms. The molecule has 1 aromatic rings. The smallest absolute Gasteiger partial charge is 0.119 e. The second-order valence-electron chi connectivity index (χ2n) is 4.84. The van der Waals surface area contributed by atoms with Crippen LogP contribution in [0.5, 0.6) is 5.75 Å². The van der Waals surface area contributed by atoms with E-state index in [1.807, 2.05) is 12.1 Å². The summed E-state index contributed by atoms with van der Waals surface area (Å²) in [4.78, 5) is 0. The third-order valence-corrected chi connectivity index (χ3v) is 3.23. The minimum Gasteiger partial charge on any atom is -0.491 e. The van der Waals surface area contributed by atoms with Crippen molar-refractivity contribution >= 4 is 0 Å².